The van der Waals surface area contributed by atoms with Gasteiger partial charge in [-0.2, -0.15) is 0 Å². The average Bonchev–Trinajstić information content (AvgIpc) is 3.22. The lowest BCUT2D eigenvalue weighted by Crippen LogP contribution is -2.30. The second-order valence-corrected chi connectivity index (χ2v) is 6.25. The second kappa shape index (κ2) is 6.68. The van der Waals surface area contributed by atoms with E-state index in [1.54, 1.807) is 18.4 Å². The number of methoxy groups -OCH3 is 1. The van der Waals surface area contributed by atoms with Gasteiger partial charge in [-0.25, -0.2) is 9.97 Å². The molecule has 2 aromatic heterocycles. The number of hydrogen-bond acceptors (Lipinski definition) is 6. The molecule has 0 saturated heterocycles. The zero-order valence-electron chi connectivity index (χ0n) is 12.6. The van der Waals surface area contributed by atoms with E-state index >= 15 is 0 Å². The van der Waals surface area contributed by atoms with Crippen molar-refractivity contribution in [3.63, 3.8) is 0 Å². The SMILES string of the molecule is CCNc1nc(CN(CCOC)C2CC2)nc2sccc12. The highest BCUT2D eigenvalue weighted by molar-refractivity contribution is 7.16. The largest absolute Gasteiger partial charge is 0.383 e. The van der Waals surface area contributed by atoms with Crippen LogP contribution < -0.4 is 5.32 Å². The van der Waals surface area contributed by atoms with Crippen LogP contribution in [0.2, 0.25) is 0 Å². The molecule has 6 heteroatoms. The quantitative estimate of drug-likeness (QED) is 0.812. The summed E-state index contributed by atoms with van der Waals surface area (Å²) in [6.45, 7) is 5.48. The minimum atomic E-state index is 0.686. The van der Waals surface area contributed by atoms with E-state index in [0.717, 1.165) is 48.1 Å². The lowest BCUT2D eigenvalue weighted by molar-refractivity contribution is 0.138. The molecule has 3 rings (SSSR count). The molecule has 1 saturated carbocycles. The zero-order valence-corrected chi connectivity index (χ0v) is 13.4. The minimum Gasteiger partial charge on any atom is -0.383 e. The maximum Gasteiger partial charge on any atom is 0.146 e. The van der Waals surface area contributed by atoms with Crippen molar-refractivity contribution in [3.05, 3.63) is 17.3 Å². The molecule has 5 nitrogen and oxygen atoms in total. The van der Waals surface area contributed by atoms with E-state index in [1.807, 2.05) is 0 Å². The Kier molecular flexibility index (Phi) is 4.67. The maximum absolute atomic E-state index is 5.22. The van der Waals surface area contributed by atoms with Gasteiger partial charge in [0, 0.05) is 26.2 Å². The van der Waals surface area contributed by atoms with Gasteiger partial charge in [-0.3, -0.25) is 4.90 Å². The van der Waals surface area contributed by atoms with Crippen molar-refractivity contribution >= 4 is 27.4 Å². The molecule has 0 unspecified atom stereocenters. The van der Waals surface area contributed by atoms with Crippen LogP contribution in [0.25, 0.3) is 10.2 Å². The van der Waals surface area contributed by atoms with Crippen LogP contribution in [0.1, 0.15) is 25.6 Å². The Morgan fingerprint density at radius 1 is 1.43 bits per heavy atom. The Bertz CT molecular complexity index is 596. The number of anilines is 1. The fourth-order valence-electron chi connectivity index (χ4n) is 2.49. The Labute approximate surface area is 129 Å². The van der Waals surface area contributed by atoms with Crippen LogP contribution in [0.3, 0.4) is 0 Å². The van der Waals surface area contributed by atoms with Crippen molar-refractivity contribution in [2.45, 2.75) is 32.4 Å². The van der Waals surface area contributed by atoms with Crippen LogP contribution in [0.4, 0.5) is 5.82 Å². The molecule has 2 heterocycles. The second-order valence-electron chi connectivity index (χ2n) is 5.35. The first-order valence-electron chi connectivity index (χ1n) is 7.52. The monoisotopic (exact) mass is 306 g/mol. The molecule has 1 aliphatic carbocycles. The highest BCUT2D eigenvalue weighted by atomic mass is 32.1. The smallest absolute Gasteiger partial charge is 0.146 e. The third-order valence-electron chi connectivity index (χ3n) is 3.71. The average molecular weight is 306 g/mol. The van der Waals surface area contributed by atoms with Crippen LogP contribution >= 0.6 is 11.3 Å². The summed E-state index contributed by atoms with van der Waals surface area (Å²) in [4.78, 5) is 13.0. The molecule has 0 bridgehead atoms. The molecule has 1 aliphatic rings. The van der Waals surface area contributed by atoms with Gasteiger partial charge in [-0.15, -0.1) is 11.3 Å². The van der Waals surface area contributed by atoms with Crippen LogP contribution in [-0.4, -0.2) is 47.7 Å². The molecule has 0 spiro atoms. The van der Waals surface area contributed by atoms with Crippen LogP contribution in [0.15, 0.2) is 11.4 Å². The summed E-state index contributed by atoms with van der Waals surface area (Å²) in [6.07, 6.45) is 2.57. The molecule has 2 aromatic rings. The van der Waals surface area contributed by atoms with E-state index in [9.17, 15) is 0 Å². The summed E-state index contributed by atoms with van der Waals surface area (Å²) in [5.41, 5.74) is 0. The van der Waals surface area contributed by atoms with Crippen LogP contribution in [0, 0.1) is 0 Å². The van der Waals surface area contributed by atoms with Crippen molar-refractivity contribution in [2.24, 2.45) is 0 Å². The molecule has 0 aliphatic heterocycles. The number of nitrogens with zero attached hydrogens (tertiary/aromatic N) is 3. The third kappa shape index (κ3) is 3.51. The molecule has 21 heavy (non-hydrogen) atoms. The Morgan fingerprint density at radius 2 is 2.29 bits per heavy atom. The molecule has 114 valence electrons. The number of thiophene rings is 1. The summed E-state index contributed by atoms with van der Waals surface area (Å²) in [6, 6.07) is 2.77. The molecule has 1 fully saturated rings. The molecule has 0 atom stereocenters. The third-order valence-corrected chi connectivity index (χ3v) is 4.51. The Balaban J connectivity index is 1.81. The lowest BCUT2D eigenvalue weighted by atomic mass is 10.3. The summed E-state index contributed by atoms with van der Waals surface area (Å²) < 4.78 is 5.22. The summed E-state index contributed by atoms with van der Waals surface area (Å²) in [5.74, 6) is 1.87. The first-order chi connectivity index (χ1) is 10.3. The van der Waals surface area contributed by atoms with Gasteiger partial charge in [-0.05, 0) is 31.2 Å². The number of nitrogens with one attached hydrogen (secondary N) is 1. The van der Waals surface area contributed by atoms with Crippen molar-refractivity contribution in [1.29, 1.82) is 0 Å². The maximum atomic E-state index is 5.22. The fraction of sp³-hybridized carbons (Fsp3) is 0.600. The number of hydrogen-bond donors (Lipinski definition) is 1. The van der Waals surface area contributed by atoms with Gasteiger partial charge in [0.15, 0.2) is 0 Å². The first-order valence-corrected chi connectivity index (χ1v) is 8.40. The summed E-state index contributed by atoms with van der Waals surface area (Å²) >= 11 is 1.68. The summed E-state index contributed by atoms with van der Waals surface area (Å²) in [5, 5.41) is 6.55. The Morgan fingerprint density at radius 3 is 3.00 bits per heavy atom. The van der Waals surface area contributed by atoms with Crippen molar-refractivity contribution < 1.29 is 4.74 Å². The predicted molar refractivity (Wildman–Crippen MR) is 86.9 cm³/mol. The highest BCUT2D eigenvalue weighted by Gasteiger charge is 2.29. The predicted octanol–water partition coefficient (Wildman–Crippen LogP) is 2.73. The topological polar surface area (TPSA) is 50.3 Å². The van der Waals surface area contributed by atoms with Crippen molar-refractivity contribution in [1.82, 2.24) is 14.9 Å². The van der Waals surface area contributed by atoms with E-state index in [1.165, 1.54) is 12.8 Å². The van der Waals surface area contributed by atoms with Crippen molar-refractivity contribution in [2.75, 3.05) is 32.1 Å². The van der Waals surface area contributed by atoms with E-state index in [0.29, 0.717) is 6.04 Å². The molecule has 0 amide bonds. The number of ether oxygens (including phenoxy) is 1. The number of rotatable bonds is 8. The first kappa shape index (κ1) is 14.7. The molecule has 1 N–H and O–H groups in total. The number of aromatic nitrogens is 2. The Hall–Kier alpha value is -1.24. The zero-order chi connectivity index (χ0) is 14.7. The number of fused-ring (bicyclic) bond motifs is 1. The van der Waals surface area contributed by atoms with E-state index in [2.05, 4.69) is 28.6 Å². The lowest BCUT2D eigenvalue weighted by Gasteiger charge is -2.20. The van der Waals surface area contributed by atoms with Gasteiger partial charge in [0.1, 0.15) is 16.5 Å². The molecule has 0 aromatic carbocycles. The van der Waals surface area contributed by atoms with Gasteiger partial charge in [0.25, 0.3) is 0 Å². The van der Waals surface area contributed by atoms with Gasteiger partial charge in [0.2, 0.25) is 0 Å². The van der Waals surface area contributed by atoms with Gasteiger partial charge >= 0.3 is 0 Å². The highest BCUT2D eigenvalue weighted by Crippen LogP contribution is 2.29. The molecular formula is C15H22N4OS. The fourth-order valence-corrected chi connectivity index (χ4v) is 3.28. The van der Waals surface area contributed by atoms with Gasteiger partial charge in [0.05, 0.1) is 18.5 Å². The van der Waals surface area contributed by atoms with Crippen molar-refractivity contribution in [3.8, 4) is 0 Å². The minimum absolute atomic E-state index is 0.686. The van der Waals surface area contributed by atoms with Gasteiger partial charge < -0.3 is 10.1 Å². The van der Waals surface area contributed by atoms with Crippen LogP contribution in [0.5, 0.6) is 0 Å². The van der Waals surface area contributed by atoms with E-state index in [4.69, 9.17) is 14.7 Å². The normalized spacial score (nSPS) is 15.0. The molecular weight excluding hydrogens is 284 g/mol. The van der Waals surface area contributed by atoms with E-state index < -0.39 is 0 Å². The van der Waals surface area contributed by atoms with Gasteiger partial charge in [-0.1, -0.05) is 0 Å². The summed E-state index contributed by atoms with van der Waals surface area (Å²) in [7, 11) is 1.75. The van der Waals surface area contributed by atoms with E-state index in [-0.39, 0.29) is 0 Å². The molecule has 0 radical (unpaired) electrons. The standard InChI is InChI=1S/C15H22N4OS/c1-3-16-14-12-6-9-21-15(12)18-13(17-14)10-19(7-8-20-2)11-4-5-11/h6,9,11H,3-5,7-8,10H2,1-2H3,(H,16,17,18). The van der Waals surface area contributed by atoms with Crippen LogP contribution in [-0.2, 0) is 11.3 Å².